The molecule has 0 aliphatic carbocycles. The topological polar surface area (TPSA) is 27.6 Å². The molecule has 0 saturated carbocycles. The maximum Gasteiger partial charge on any atom is 0.135 e. The molecule has 0 fully saturated rings. The zero-order valence-electron chi connectivity index (χ0n) is 8.85. The Morgan fingerprint density at radius 3 is 2.87 bits per heavy atom. The summed E-state index contributed by atoms with van der Waals surface area (Å²) in [5.74, 6) is 0.831. The molecule has 0 saturated heterocycles. The monoisotopic (exact) mass is 201 g/mol. The van der Waals surface area contributed by atoms with Crippen molar-refractivity contribution < 1.29 is 0 Å². The number of likely N-dealkylation sites (N-methyl/N-ethyl adjacent to an activating group) is 1. The van der Waals surface area contributed by atoms with E-state index in [4.69, 9.17) is 0 Å². The molecule has 0 spiro atoms. The van der Waals surface area contributed by atoms with Gasteiger partial charge in [-0.25, -0.2) is 5.01 Å². The highest BCUT2D eigenvalue weighted by Gasteiger charge is 2.18. The lowest BCUT2D eigenvalue weighted by Gasteiger charge is -2.28. The molecule has 15 heavy (non-hydrogen) atoms. The van der Waals surface area contributed by atoms with E-state index < -0.39 is 0 Å². The largest absolute Gasteiger partial charge is 0.304 e. The van der Waals surface area contributed by atoms with Gasteiger partial charge in [0.25, 0.3) is 0 Å². The van der Waals surface area contributed by atoms with E-state index in [1.807, 2.05) is 30.3 Å². The van der Waals surface area contributed by atoms with Gasteiger partial charge in [-0.3, -0.25) is 4.99 Å². The number of benzene rings is 1. The smallest absolute Gasteiger partial charge is 0.135 e. The Balaban J connectivity index is 2.26. The number of nitrogens with one attached hydrogen (secondary N) is 1. The first-order valence-electron chi connectivity index (χ1n) is 5.02. The number of rotatable bonds is 2. The molecule has 0 bridgehead atoms. The quantitative estimate of drug-likeness (QED) is 0.789. The molecule has 1 aliphatic heterocycles. The normalized spacial score (nSPS) is 21.7. The summed E-state index contributed by atoms with van der Waals surface area (Å²) in [4.78, 5) is 4.57. The highest BCUT2D eigenvalue weighted by atomic mass is 15.5. The highest BCUT2D eigenvalue weighted by Crippen LogP contribution is 2.19. The van der Waals surface area contributed by atoms with Gasteiger partial charge in [0.05, 0.1) is 6.04 Å². The molecule has 1 N–H and O–H groups in total. The van der Waals surface area contributed by atoms with E-state index in [-0.39, 0.29) is 6.04 Å². The Bertz CT molecular complexity index is 370. The van der Waals surface area contributed by atoms with Crippen molar-refractivity contribution in [3.05, 3.63) is 48.6 Å². The minimum atomic E-state index is 0.199. The fraction of sp³-hybridized carbons (Fsp3) is 0.250. The molecule has 1 aromatic rings. The van der Waals surface area contributed by atoms with Crippen molar-refractivity contribution in [1.29, 1.82) is 0 Å². The van der Waals surface area contributed by atoms with Crippen LogP contribution in [0.2, 0.25) is 0 Å². The number of hydrogen-bond acceptors (Lipinski definition) is 3. The maximum atomic E-state index is 4.57. The zero-order chi connectivity index (χ0) is 10.7. The lowest BCUT2D eigenvalue weighted by molar-refractivity contribution is 0.258. The van der Waals surface area contributed by atoms with E-state index in [2.05, 4.69) is 29.1 Å². The molecule has 2 rings (SSSR count). The van der Waals surface area contributed by atoms with Crippen LogP contribution in [-0.4, -0.2) is 24.4 Å². The van der Waals surface area contributed by atoms with Crippen molar-refractivity contribution >= 4 is 5.84 Å². The summed E-state index contributed by atoms with van der Waals surface area (Å²) in [6.07, 6.45) is 1.74. The van der Waals surface area contributed by atoms with Gasteiger partial charge in [-0.1, -0.05) is 36.9 Å². The first-order chi connectivity index (χ1) is 7.29. The third-order valence-corrected chi connectivity index (χ3v) is 2.42. The number of aliphatic imine (C=N–C) groups is 1. The van der Waals surface area contributed by atoms with Crippen molar-refractivity contribution in [2.75, 3.05) is 13.6 Å². The molecule has 0 radical (unpaired) electrons. The molecule has 3 nitrogen and oxygen atoms in total. The van der Waals surface area contributed by atoms with E-state index in [1.165, 1.54) is 5.56 Å². The predicted octanol–water partition coefficient (Wildman–Crippen LogP) is 1.76. The first kappa shape index (κ1) is 9.93. The lowest BCUT2D eigenvalue weighted by atomic mass is 10.1. The standard InChI is InChI=1S/C12H15N3/c1-3-12-13-11(9-15(2)14-12)10-7-5-4-6-8-10/h3-8,11H,1,9H2,2H3,(H,13,14). The molecule has 1 heterocycles. The van der Waals surface area contributed by atoms with Gasteiger partial charge >= 0.3 is 0 Å². The minimum Gasteiger partial charge on any atom is -0.304 e. The van der Waals surface area contributed by atoms with Gasteiger partial charge in [-0.2, -0.15) is 0 Å². The molecule has 3 heteroatoms. The molecule has 0 aromatic heterocycles. The van der Waals surface area contributed by atoms with Crippen LogP contribution in [0.3, 0.4) is 0 Å². The van der Waals surface area contributed by atoms with Crippen LogP contribution in [-0.2, 0) is 0 Å². The molecule has 1 aromatic carbocycles. The lowest BCUT2D eigenvalue weighted by Crippen LogP contribution is -2.44. The third kappa shape index (κ3) is 2.25. The van der Waals surface area contributed by atoms with Crippen molar-refractivity contribution in [3.8, 4) is 0 Å². The predicted molar refractivity (Wildman–Crippen MR) is 62.6 cm³/mol. The molecule has 0 amide bonds. The third-order valence-electron chi connectivity index (χ3n) is 2.42. The first-order valence-corrected chi connectivity index (χ1v) is 5.02. The zero-order valence-corrected chi connectivity index (χ0v) is 8.85. The van der Waals surface area contributed by atoms with Gasteiger partial charge in [0.15, 0.2) is 0 Å². The summed E-state index contributed by atoms with van der Waals surface area (Å²) in [5.41, 5.74) is 4.37. The molecule has 1 unspecified atom stereocenters. The van der Waals surface area contributed by atoms with E-state index in [9.17, 15) is 0 Å². The van der Waals surface area contributed by atoms with E-state index in [1.54, 1.807) is 6.08 Å². The Morgan fingerprint density at radius 1 is 1.47 bits per heavy atom. The van der Waals surface area contributed by atoms with Gasteiger partial charge in [0, 0.05) is 13.6 Å². The number of amidine groups is 1. The van der Waals surface area contributed by atoms with Crippen molar-refractivity contribution in [2.45, 2.75) is 6.04 Å². The molecule has 1 aliphatic rings. The van der Waals surface area contributed by atoms with E-state index >= 15 is 0 Å². The summed E-state index contributed by atoms with van der Waals surface area (Å²) in [6.45, 7) is 4.60. The Labute approximate surface area is 90.1 Å². The van der Waals surface area contributed by atoms with Crippen LogP contribution >= 0.6 is 0 Å². The second-order valence-electron chi connectivity index (χ2n) is 3.64. The SMILES string of the molecule is C=CC1=NC(c2ccccc2)CN(C)N1. The summed E-state index contributed by atoms with van der Waals surface area (Å²) in [6, 6.07) is 10.5. The average molecular weight is 201 g/mol. The Hall–Kier alpha value is -1.61. The summed E-state index contributed by atoms with van der Waals surface area (Å²) in [5, 5.41) is 2.03. The summed E-state index contributed by atoms with van der Waals surface area (Å²) < 4.78 is 0. The van der Waals surface area contributed by atoms with E-state index in [0.29, 0.717) is 0 Å². The fourth-order valence-corrected chi connectivity index (χ4v) is 1.69. The van der Waals surface area contributed by atoms with Gasteiger partial charge in [0.2, 0.25) is 0 Å². The van der Waals surface area contributed by atoms with Crippen LogP contribution in [0.25, 0.3) is 0 Å². The van der Waals surface area contributed by atoms with Crippen molar-refractivity contribution in [2.24, 2.45) is 4.99 Å². The van der Waals surface area contributed by atoms with Crippen LogP contribution in [0, 0.1) is 0 Å². The molecule has 1 atom stereocenters. The number of hydrogen-bond donors (Lipinski definition) is 1. The summed E-state index contributed by atoms with van der Waals surface area (Å²) >= 11 is 0. The molecular formula is C12H15N3. The van der Waals surface area contributed by atoms with Crippen LogP contribution in [0.4, 0.5) is 0 Å². The molecular weight excluding hydrogens is 186 g/mol. The Morgan fingerprint density at radius 2 is 2.20 bits per heavy atom. The fourth-order valence-electron chi connectivity index (χ4n) is 1.69. The van der Waals surface area contributed by atoms with Crippen LogP contribution in [0.1, 0.15) is 11.6 Å². The van der Waals surface area contributed by atoms with Crippen molar-refractivity contribution in [3.63, 3.8) is 0 Å². The summed E-state index contributed by atoms with van der Waals surface area (Å²) in [7, 11) is 2.01. The number of nitrogens with zero attached hydrogens (tertiary/aromatic N) is 2. The number of hydrazine groups is 1. The average Bonchev–Trinajstić information content (AvgIpc) is 2.29. The van der Waals surface area contributed by atoms with Crippen molar-refractivity contribution in [1.82, 2.24) is 10.4 Å². The van der Waals surface area contributed by atoms with E-state index in [0.717, 1.165) is 12.4 Å². The Kier molecular flexibility index (Phi) is 2.83. The van der Waals surface area contributed by atoms with Gasteiger partial charge in [-0.15, -0.1) is 0 Å². The van der Waals surface area contributed by atoms with Gasteiger partial charge in [0.1, 0.15) is 5.84 Å². The van der Waals surface area contributed by atoms with Crippen LogP contribution < -0.4 is 5.43 Å². The van der Waals surface area contributed by atoms with Crippen LogP contribution in [0.5, 0.6) is 0 Å². The second-order valence-corrected chi connectivity index (χ2v) is 3.64. The second kappa shape index (κ2) is 4.28. The maximum absolute atomic E-state index is 4.57. The van der Waals surface area contributed by atoms with Gasteiger partial charge in [-0.05, 0) is 11.6 Å². The highest BCUT2D eigenvalue weighted by molar-refractivity contribution is 5.92. The molecule has 78 valence electrons. The van der Waals surface area contributed by atoms with Gasteiger partial charge < -0.3 is 5.43 Å². The van der Waals surface area contributed by atoms with Crippen LogP contribution in [0.15, 0.2) is 48.0 Å². The minimum absolute atomic E-state index is 0.199.